The molecule has 0 radical (unpaired) electrons. The molecule has 1 heterocycles. The van der Waals surface area contributed by atoms with Gasteiger partial charge in [0, 0.05) is 16.1 Å². The molecule has 1 N–H and O–H groups in total. The van der Waals surface area contributed by atoms with Gasteiger partial charge in [-0.05, 0) is 48.9 Å². The van der Waals surface area contributed by atoms with Crippen LogP contribution < -0.4 is 5.32 Å². The summed E-state index contributed by atoms with van der Waals surface area (Å²) in [4.78, 5) is 4.46. The van der Waals surface area contributed by atoms with Crippen LogP contribution in [0.4, 0.5) is 0 Å². The van der Waals surface area contributed by atoms with E-state index in [2.05, 4.69) is 75.6 Å². The van der Waals surface area contributed by atoms with Crippen molar-refractivity contribution in [3.63, 3.8) is 0 Å². The summed E-state index contributed by atoms with van der Waals surface area (Å²) < 4.78 is 1.14. The minimum atomic E-state index is 0.161. The molecule has 2 aromatic carbocycles. The standard InChI is InChI=1S/C18H17BrN2/c1-12-15(6-3-7-16(12)19)18(20-2)14-9-8-13-5-4-10-21-17(13)11-14/h3-11,18,20H,1-2H3. The Balaban J connectivity index is 2.11. The van der Waals surface area contributed by atoms with Gasteiger partial charge in [0.1, 0.15) is 0 Å². The lowest BCUT2D eigenvalue weighted by Crippen LogP contribution is -2.18. The lowest BCUT2D eigenvalue weighted by atomic mass is 9.94. The highest BCUT2D eigenvalue weighted by atomic mass is 79.9. The van der Waals surface area contributed by atoms with Gasteiger partial charge < -0.3 is 5.32 Å². The fourth-order valence-electron chi connectivity index (χ4n) is 2.70. The van der Waals surface area contributed by atoms with Gasteiger partial charge in [-0.25, -0.2) is 0 Å². The van der Waals surface area contributed by atoms with Crippen molar-refractivity contribution in [2.75, 3.05) is 7.05 Å². The Bertz CT molecular complexity index is 783. The van der Waals surface area contributed by atoms with Gasteiger partial charge in [0.15, 0.2) is 0 Å². The van der Waals surface area contributed by atoms with E-state index in [1.54, 1.807) is 0 Å². The summed E-state index contributed by atoms with van der Waals surface area (Å²) in [7, 11) is 1.99. The van der Waals surface area contributed by atoms with E-state index in [1.807, 2.05) is 19.3 Å². The van der Waals surface area contributed by atoms with Crippen LogP contribution in [0.2, 0.25) is 0 Å². The summed E-state index contributed by atoms with van der Waals surface area (Å²) in [5, 5.41) is 4.59. The summed E-state index contributed by atoms with van der Waals surface area (Å²) >= 11 is 3.62. The molecule has 3 heteroatoms. The number of nitrogens with zero attached hydrogens (tertiary/aromatic N) is 1. The van der Waals surface area contributed by atoms with Crippen molar-refractivity contribution in [2.24, 2.45) is 0 Å². The van der Waals surface area contributed by atoms with Gasteiger partial charge >= 0.3 is 0 Å². The van der Waals surface area contributed by atoms with Gasteiger partial charge in [-0.2, -0.15) is 0 Å². The maximum absolute atomic E-state index is 4.46. The normalized spacial score (nSPS) is 12.5. The summed E-state index contributed by atoms with van der Waals surface area (Å²) in [6.07, 6.45) is 1.84. The molecule has 2 nitrogen and oxygen atoms in total. The molecule has 0 aliphatic carbocycles. The molecular weight excluding hydrogens is 324 g/mol. The molecule has 0 fully saturated rings. The quantitative estimate of drug-likeness (QED) is 0.752. The highest BCUT2D eigenvalue weighted by Gasteiger charge is 2.15. The highest BCUT2D eigenvalue weighted by Crippen LogP contribution is 2.30. The van der Waals surface area contributed by atoms with Gasteiger partial charge in [0.25, 0.3) is 0 Å². The van der Waals surface area contributed by atoms with Crippen LogP contribution in [-0.2, 0) is 0 Å². The van der Waals surface area contributed by atoms with Crippen LogP contribution in [0.1, 0.15) is 22.7 Å². The number of aromatic nitrogens is 1. The van der Waals surface area contributed by atoms with Gasteiger partial charge in [-0.3, -0.25) is 4.98 Å². The lowest BCUT2D eigenvalue weighted by molar-refractivity contribution is 0.687. The second-order valence-corrected chi connectivity index (χ2v) is 5.99. The number of benzene rings is 2. The molecule has 0 saturated carbocycles. The Labute approximate surface area is 133 Å². The minimum Gasteiger partial charge on any atom is -0.309 e. The van der Waals surface area contributed by atoms with E-state index in [0.717, 1.165) is 9.99 Å². The zero-order chi connectivity index (χ0) is 14.8. The van der Waals surface area contributed by atoms with Gasteiger partial charge in [-0.1, -0.05) is 46.3 Å². The maximum atomic E-state index is 4.46. The van der Waals surface area contributed by atoms with Crippen LogP contribution in [0.5, 0.6) is 0 Å². The Kier molecular flexibility index (Phi) is 4.04. The molecule has 0 spiro atoms. The molecule has 3 aromatic rings. The number of hydrogen-bond donors (Lipinski definition) is 1. The first-order valence-corrected chi connectivity index (χ1v) is 7.77. The molecule has 1 aromatic heterocycles. The van der Waals surface area contributed by atoms with Crippen LogP contribution in [0, 0.1) is 6.92 Å². The van der Waals surface area contributed by atoms with E-state index in [4.69, 9.17) is 0 Å². The Morgan fingerprint density at radius 3 is 2.76 bits per heavy atom. The first kappa shape index (κ1) is 14.2. The molecule has 106 valence electrons. The first-order valence-electron chi connectivity index (χ1n) is 6.97. The largest absolute Gasteiger partial charge is 0.309 e. The van der Waals surface area contributed by atoms with E-state index in [1.165, 1.54) is 22.1 Å². The number of halogens is 1. The average molecular weight is 341 g/mol. The first-order chi connectivity index (χ1) is 10.2. The van der Waals surface area contributed by atoms with Crippen LogP contribution in [0.15, 0.2) is 59.2 Å². The Hall–Kier alpha value is -1.71. The molecule has 3 rings (SSSR count). The molecule has 1 atom stereocenters. The lowest BCUT2D eigenvalue weighted by Gasteiger charge is -2.20. The van der Waals surface area contributed by atoms with E-state index in [9.17, 15) is 0 Å². The predicted molar refractivity (Wildman–Crippen MR) is 91.5 cm³/mol. The number of fused-ring (bicyclic) bond motifs is 1. The molecule has 0 bridgehead atoms. The zero-order valence-electron chi connectivity index (χ0n) is 12.1. The third-order valence-electron chi connectivity index (χ3n) is 3.87. The van der Waals surface area contributed by atoms with Crippen LogP contribution >= 0.6 is 15.9 Å². The number of pyridine rings is 1. The monoisotopic (exact) mass is 340 g/mol. The number of nitrogens with one attached hydrogen (secondary N) is 1. The molecule has 0 aliphatic rings. The van der Waals surface area contributed by atoms with E-state index >= 15 is 0 Å². The van der Waals surface area contributed by atoms with E-state index in [0.29, 0.717) is 0 Å². The van der Waals surface area contributed by atoms with Crippen molar-refractivity contribution >= 4 is 26.8 Å². The van der Waals surface area contributed by atoms with Crippen molar-refractivity contribution in [3.05, 3.63) is 75.9 Å². The van der Waals surface area contributed by atoms with Gasteiger partial charge in [0.05, 0.1) is 11.6 Å². The highest BCUT2D eigenvalue weighted by molar-refractivity contribution is 9.10. The van der Waals surface area contributed by atoms with E-state index in [-0.39, 0.29) is 6.04 Å². The molecule has 0 amide bonds. The summed E-state index contributed by atoms with van der Waals surface area (Å²) in [5.74, 6) is 0. The fourth-order valence-corrected chi connectivity index (χ4v) is 3.08. The van der Waals surface area contributed by atoms with Gasteiger partial charge in [0.2, 0.25) is 0 Å². The van der Waals surface area contributed by atoms with Crippen LogP contribution in [-0.4, -0.2) is 12.0 Å². The predicted octanol–water partition coefficient (Wildman–Crippen LogP) is 4.61. The molecular formula is C18H17BrN2. The van der Waals surface area contributed by atoms with Crippen molar-refractivity contribution < 1.29 is 0 Å². The number of hydrogen-bond acceptors (Lipinski definition) is 2. The molecule has 0 aliphatic heterocycles. The summed E-state index contributed by atoms with van der Waals surface area (Å²) in [6.45, 7) is 2.14. The van der Waals surface area contributed by atoms with Crippen LogP contribution in [0.3, 0.4) is 0 Å². The summed E-state index contributed by atoms with van der Waals surface area (Å²) in [6, 6.07) is 17.0. The second kappa shape index (κ2) is 5.96. The number of rotatable bonds is 3. The van der Waals surface area contributed by atoms with Gasteiger partial charge in [-0.15, -0.1) is 0 Å². The third kappa shape index (κ3) is 2.71. The smallest absolute Gasteiger partial charge is 0.0705 e. The third-order valence-corrected chi connectivity index (χ3v) is 4.73. The summed E-state index contributed by atoms with van der Waals surface area (Å²) in [5.41, 5.74) is 4.80. The maximum Gasteiger partial charge on any atom is 0.0705 e. The molecule has 0 saturated heterocycles. The second-order valence-electron chi connectivity index (χ2n) is 5.13. The van der Waals surface area contributed by atoms with Crippen LogP contribution in [0.25, 0.3) is 10.9 Å². The molecule has 21 heavy (non-hydrogen) atoms. The van der Waals surface area contributed by atoms with Crippen molar-refractivity contribution in [1.82, 2.24) is 10.3 Å². The van der Waals surface area contributed by atoms with Crippen molar-refractivity contribution in [3.8, 4) is 0 Å². The molecule has 1 unspecified atom stereocenters. The minimum absolute atomic E-state index is 0.161. The average Bonchev–Trinajstić information content (AvgIpc) is 2.52. The van der Waals surface area contributed by atoms with Crippen molar-refractivity contribution in [2.45, 2.75) is 13.0 Å². The topological polar surface area (TPSA) is 24.9 Å². The van der Waals surface area contributed by atoms with E-state index < -0.39 is 0 Å². The van der Waals surface area contributed by atoms with Crippen molar-refractivity contribution in [1.29, 1.82) is 0 Å². The Morgan fingerprint density at radius 2 is 1.95 bits per heavy atom. The fraction of sp³-hybridized carbons (Fsp3) is 0.167. The SMILES string of the molecule is CNC(c1ccc2cccnc2c1)c1cccc(Br)c1C. The zero-order valence-corrected chi connectivity index (χ0v) is 13.7. The Morgan fingerprint density at radius 1 is 1.10 bits per heavy atom.